The van der Waals surface area contributed by atoms with Gasteiger partial charge >= 0.3 is 7.12 Å². The number of hydrogen-bond donors (Lipinski definition) is 2. The third-order valence-electron chi connectivity index (χ3n) is 1.77. The van der Waals surface area contributed by atoms with Crippen molar-refractivity contribution < 1.29 is 14.4 Å². The second kappa shape index (κ2) is 3.85. The number of nitrogens with zero attached hydrogens (tertiary/aromatic N) is 1. The Morgan fingerprint density at radius 1 is 1.46 bits per heavy atom. The van der Waals surface area contributed by atoms with E-state index in [1.54, 1.807) is 0 Å². The number of rotatable bonds is 2. The lowest BCUT2D eigenvalue weighted by molar-refractivity contribution is 0.422. The Hall–Kier alpha value is -0.935. The Morgan fingerprint density at radius 2 is 2.08 bits per heavy atom. The van der Waals surface area contributed by atoms with Crippen LogP contribution >= 0.6 is 0 Å². The summed E-state index contributed by atoms with van der Waals surface area (Å²) in [6, 6.07) is 1.22. The largest absolute Gasteiger partial charge is 0.493 e. The first-order chi connectivity index (χ1) is 6.02. The Kier molecular flexibility index (Phi) is 3.00. The highest BCUT2D eigenvalue weighted by atomic mass is 19.1. The van der Waals surface area contributed by atoms with E-state index < -0.39 is 12.9 Å². The van der Waals surface area contributed by atoms with Crippen molar-refractivity contribution in [3.63, 3.8) is 0 Å². The molecule has 0 aliphatic rings. The van der Waals surface area contributed by atoms with Gasteiger partial charge in [-0.25, -0.2) is 4.39 Å². The smallest absolute Gasteiger partial charge is 0.423 e. The average Bonchev–Trinajstić information content (AvgIpc) is 2.03. The minimum atomic E-state index is -1.80. The van der Waals surface area contributed by atoms with Gasteiger partial charge < -0.3 is 10.0 Å². The molecule has 0 saturated carbocycles. The van der Waals surface area contributed by atoms with Gasteiger partial charge in [0, 0.05) is 17.4 Å². The summed E-state index contributed by atoms with van der Waals surface area (Å²) in [5.41, 5.74) is 0.409. The number of aromatic nitrogens is 1. The molecular formula is C8H11BFNO2. The maximum atomic E-state index is 13.1. The quantitative estimate of drug-likeness (QED) is 0.635. The minimum absolute atomic E-state index is 0.124. The van der Waals surface area contributed by atoms with E-state index in [4.69, 9.17) is 10.0 Å². The van der Waals surface area contributed by atoms with Crippen LogP contribution in [0.5, 0.6) is 0 Å². The normalized spacial score (nSPS) is 10.6. The fourth-order valence-corrected chi connectivity index (χ4v) is 0.962. The average molecular weight is 183 g/mol. The number of halogens is 1. The van der Waals surface area contributed by atoms with Gasteiger partial charge in [0.15, 0.2) is 0 Å². The van der Waals surface area contributed by atoms with Crippen LogP contribution in [-0.4, -0.2) is 22.2 Å². The van der Waals surface area contributed by atoms with Crippen LogP contribution in [0.1, 0.15) is 25.5 Å². The van der Waals surface area contributed by atoms with Gasteiger partial charge in [-0.1, -0.05) is 13.8 Å². The van der Waals surface area contributed by atoms with Crippen molar-refractivity contribution in [3.8, 4) is 0 Å². The monoisotopic (exact) mass is 183 g/mol. The predicted molar refractivity (Wildman–Crippen MR) is 48.1 cm³/mol. The van der Waals surface area contributed by atoms with Crippen LogP contribution in [0.2, 0.25) is 0 Å². The molecule has 1 aromatic rings. The van der Waals surface area contributed by atoms with Crippen molar-refractivity contribution in [2.75, 3.05) is 0 Å². The Labute approximate surface area is 76.4 Å². The molecular weight excluding hydrogens is 172 g/mol. The van der Waals surface area contributed by atoms with E-state index in [1.807, 2.05) is 13.8 Å². The van der Waals surface area contributed by atoms with Gasteiger partial charge in [-0.15, -0.1) is 0 Å². The molecule has 2 N–H and O–H groups in total. The van der Waals surface area contributed by atoms with Gasteiger partial charge in [0.1, 0.15) is 5.82 Å². The first-order valence-corrected chi connectivity index (χ1v) is 4.04. The summed E-state index contributed by atoms with van der Waals surface area (Å²) in [5.74, 6) is -0.506. The summed E-state index contributed by atoms with van der Waals surface area (Å²) in [4.78, 5) is 3.90. The summed E-state index contributed by atoms with van der Waals surface area (Å²) in [6.07, 6.45) is 1.15. The van der Waals surface area contributed by atoms with Crippen LogP contribution in [0.4, 0.5) is 4.39 Å². The SMILES string of the molecule is CC(C)c1cc(F)c(B(O)O)cn1. The molecule has 0 unspecified atom stereocenters. The van der Waals surface area contributed by atoms with Gasteiger partial charge in [-0.05, 0) is 12.0 Å². The highest BCUT2D eigenvalue weighted by molar-refractivity contribution is 6.58. The third kappa shape index (κ3) is 2.26. The standard InChI is InChI=1S/C8H11BFNO2/c1-5(2)8-3-7(10)6(4-11-8)9(12)13/h3-5,12-13H,1-2H3. The molecule has 3 nitrogen and oxygen atoms in total. The Bertz CT molecular complexity index is 304. The molecule has 0 aromatic carbocycles. The molecule has 0 fully saturated rings. The van der Waals surface area contributed by atoms with Crippen LogP contribution in [-0.2, 0) is 0 Å². The molecule has 0 aliphatic carbocycles. The lowest BCUT2D eigenvalue weighted by Crippen LogP contribution is -2.33. The summed E-state index contributed by atoms with van der Waals surface area (Å²) in [5, 5.41) is 17.4. The first kappa shape index (κ1) is 10.1. The van der Waals surface area contributed by atoms with Crippen molar-refractivity contribution in [1.82, 2.24) is 4.98 Å². The fourth-order valence-electron chi connectivity index (χ4n) is 0.962. The molecule has 0 saturated heterocycles. The lowest BCUT2D eigenvalue weighted by atomic mass is 9.81. The molecule has 0 atom stereocenters. The first-order valence-electron chi connectivity index (χ1n) is 4.04. The maximum Gasteiger partial charge on any atom is 0.493 e. The zero-order valence-corrected chi connectivity index (χ0v) is 7.53. The van der Waals surface area contributed by atoms with Gasteiger partial charge in [-0.2, -0.15) is 0 Å². The second-order valence-corrected chi connectivity index (χ2v) is 3.16. The van der Waals surface area contributed by atoms with Gasteiger partial charge in [0.2, 0.25) is 0 Å². The Balaban J connectivity index is 3.06. The second-order valence-electron chi connectivity index (χ2n) is 3.16. The molecule has 0 bridgehead atoms. The van der Waals surface area contributed by atoms with Crippen molar-refractivity contribution in [3.05, 3.63) is 23.8 Å². The van der Waals surface area contributed by atoms with E-state index in [1.165, 1.54) is 6.07 Å². The van der Waals surface area contributed by atoms with Crippen molar-refractivity contribution in [2.24, 2.45) is 0 Å². The van der Waals surface area contributed by atoms with Crippen LogP contribution in [0.3, 0.4) is 0 Å². The molecule has 0 amide bonds. The fraction of sp³-hybridized carbons (Fsp3) is 0.375. The molecule has 5 heteroatoms. The highest BCUT2D eigenvalue weighted by Crippen LogP contribution is 2.10. The van der Waals surface area contributed by atoms with Crippen molar-refractivity contribution in [2.45, 2.75) is 19.8 Å². The third-order valence-corrected chi connectivity index (χ3v) is 1.77. The van der Waals surface area contributed by atoms with Crippen LogP contribution in [0, 0.1) is 5.82 Å². The molecule has 1 rings (SSSR count). The molecule has 70 valence electrons. The van der Waals surface area contributed by atoms with Crippen molar-refractivity contribution in [1.29, 1.82) is 0 Å². The molecule has 0 radical (unpaired) electrons. The van der Waals surface area contributed by atoms with E-state index in [0.29, 0.717) is 5.69 Å². The zero-order chi connectivity index (χ0) is 10.0. The molecule has 1 aromatic heterocycles. The van der Waals surface area contributed by atoms with Crippen LogP contribution < -0.4 is 5.46 Å². The summed E-state index contributed by atoms with van der Waals surface area (Å²) in [6.45, 7) is 3.77. The Morgan fingerprint density at radius 3 is 2.46 bits per heavy atom. The molecule has 1 heterocycles. The van der Waals surface area contributed by atoms with E-state index in [-0.39, 0.29) is 11.4 Å². The predicted octanol–water partition coefficient (Wildman–Crippen LogP) is 0.0239. The van der Waals surface area contributed by atoms with Gasteiger partial charge in [0.05, 0.1) is 0 Å². The van der Waals surface area contributed by atoms with E-state index >= 15 is 0 Å². The van der Waals surface area contributed by atoms with Gasteiger partial charge in [-0.3, -0.25) is 4.98 Å². The van der Waals surface area contributed by atoms with Crippen LogP contribution in [0.25, 0.3) is 0 Å². The number of hydrogen-bond acceptors (Lipinski definition) is 3. The minimum Gasteiger partial charge on any atom is -0.423 e. The zero-order valence-electron chi connectivity index (χ0n) is 7.53. The van der Waals surface area contributed by atoms with E-state index in [0.717, 1.165) is 6.20 Å². The molecule has 13 heavy (non-hydrogen) atoms. The lowest BCUT2D eigenvalue weighted by Gasteiger charge is -2.06. The highest BCUT2D eigenvalue weighted by Gasteiger charge is 2.17. The topological polar surface area (TPSA) is 53.4 Å². The molecule has 0 aliphatic heterocycles. The maximum absolute atomic E-state index is 13.1. The summed E-state index contributed by atoms with van der Waals surface area (Å²) >= 11 is 0. The summed E-state index contributed by atoms with van der Waals surface area (Å²) in [7, 11) is -1.80. The summed E-state index contributed by atoms with van der Waals surface area (Å²) < 4.78 is 13.1. The van der Waals surface area contributed by atoms with E-state index in [2.05, 4.69) is 4.98 Å². The molecule has 0 spiro atoms. The number of pyridine rings is 1. The van der Waals surface area contributed by atoms with Crippen molar-refractivity contribution >= 4 is 12.6 Å². The van der Waals surface area contributed by atoms with Crippen LogP contribution in [0.15, 0.2) is 12.3 Å². The van der Waals surface area contributed by atoms with Gasteiger partial charge in [0.25, 0.3) is 0 Å². The van der Waals surface area contributed by atoms with E-state index in [9.17, 15) is 4.39 Å².